The Morgan fingerprint density at radius 3 is 3.04 bits per heavy atom. The van der Waals surface area contributed by atoms with E-state index in [2.05, 4.69) is 29.3 Å². The lowest BCUT2D eigenvalue weighted by Gasteiger charge is -2.47. The molecule has 1 aromatic heterocycles. The number of halogens is 1. The van der Waals surface area contributed by atoms with Crippen LogP contribution in [0.5, 0.6) is 0 Å². The summed E-state index contributed by atoms with van der Waals surface area (Å²) in [5, 5.41) is 1.17. The second-order valence-electron chi connectivity index (χ2n) is 7.13. The molecule has 2 heterocycles. The molecule has 1 aliphatic carbocycles. The summed E-state index contributed by atoms with van der Waals surface area (Å²) in [4.78, 5) is 5.99. The van der Waals surface area contributed by atoms with E-state index in [1.807, 2.05) is 17.8 Å². The number of hydrogen-bond donors (Lipinski definition) is 1. The number of nitrogens with one attached hydrogen (secondary N) is 1. The minimum absolute atomic E-state index is 0.00528. The SMILES string of the molecule is CCCN1CC(CSC)CC2c3c(F)ccc4[nH]cc(c34)CC21. The molecule has 3 unspecified atom stereocenters. The van der Waals surface area contributed by atoms with Gasteiger partial charge < -0.3 is 4.98 Å². The van der Waals surface area contributed by atoms with E-state index in [4.69, 9.17) is 0 Å². The summed E-state index contributed by atoms with van der Waals surface area (Å²) in [6, 6.07) is 4.02. The van der Waals surface area contributed by atoms with Gasteiger partial charge in [-0.25, -0.2) is 4.39 Å². The van der Waals surface area contributed by atoms with Crippen LogP contribution in [0.25, 0.3) is 10.9 Å². The van der Waals surface area contributed by atoms with Gasteiger partial charge in [0.25, 0.3) is 0 Å². The molecule has 23 heavy (non-hydrogen) atoms. The number of H-pyrrole nitrogens is 1. The second kappa shape index (κ2) is 6.14. The van der Waals surface area contributed by atoms with E-state index in [0.29, 0.717) is 17.9 Å². The second-order valence-corrected chi connectivity index (χ2v) is 8.04. The Balaban J connectivity index is 1.80. The molecule has 1 aromatic carbocycles. The van der Waals surface area contributed by atoms with Gasteiger partial charge in [-0.2, -0.15) is 11.8 Å². The third-order valence-corrected chi connectivity index (χ3v) is 6.45. The van der Waals surface area contributed by atoms with Crippen molar-refractivity contribution in [3.05, 3.63) is 35.3 Å². The van der Waals surface area contributed by atoms with Crippen LogP contribution < -0.4 is 0 Å². The van der Waals surface area contributed by atoms with Crippen LogP contribution >= 0.6 is 11.8 Å². The first-order valence-corrected chi connectivity index (χ1v) is 10.1. The molecule has 0 amide bonds. The molecule has 0 radical (unpaired) electrons. The number of likely N-dealkylation sites (tertiary alicyclic amines) is 1. The van der Waals surface area contributed by atoms with Gasteiger partial charge in [0.1, 0.15) is 5.82 Å². The fourth-order valence-electron chi connectivity index (χ4n) is 4.84. The molecule has 0 spiro atoms. The van der Waals surface area contributed by atoms with E-state index < -0.39 is 0 Å². The summed E-state index contributed by atoms with van der Waals surface area (Å²) in [7, 11) is 0. The van der Waals surface area contributed by atoms with Crippen molar-refractivity contribution in [2.75, 3.05) is 25.1 Å². The molecule has 1 fully saturated rings. The monoisotopic (exact) mass is 332 g/mol. The first-order chi connectivity index (χ1) is 11.2. The molecule has 1 N–H and O–H groups in total. The summed E-state index contributed by atoms with van der Waals surface area (Å²) in [6.45, 7) is 4.55. The van der Waals surface area contributed by atoms with Crippen molar-refractivity contribution >= 4 is 22.7 Å². The van der Waals surface area contributed by atoms with E-state index in [1.165, 1.54) is 29.7 Å². The van der Waals surface area contributed by atoms with E-state index >= 15 is 0 Å². The maximum absolute atomic E-state index is 14.8. The van der Waals surface area contributed by atoms with Crippen LogP contribution in [0.3, 0.4) is 0 Å². The smallest absolute Gasteiger partial charge is 0.127 e. The van der Waals surface area contributed by atoms with Gasteiger partial charge in [-0.3, -0.25) is 4.90 Å². The minimum Gasteiger partial charge on any atom is -0.361 e. The van der Waals surface area contributed by atoms with E-state index in [1.54, 1.807) is 6.07 Å². The van der Waals surface area contributed by atoms with Crippen molar-refractivity contribution in [1.29, 1.82) is 0 Å². The largest absolute Gasteiger partial charge is 0.361 e. The predicted molar refractivity (Wildman–Crippen MR) is 96.8 cm³/mol. The number of rotatable bonds is 4. The molecule has 0 bridgehead atoms. The van der Waals surface area contributed by atoms with Crippen molar-refractivity contribution in [2.24, 2.45) is 5.92 Å². The Morgan fingerprint density at radius 2 is 2.26 bits per heavy atom. The normalized spacial score (nSPS) is 27.3. The van der Waals surface area contributed by atoms with Gasteiger partial charge in [0, 0.05) is 41.2 Å². The number of piperidine rings is 1. The summed E-state index contributed by atoms with van der Waals surface area (Å²) in [6.07, 6.45) is 7.64. The zero-order chi connectivity index (χ0) is 16.0. The van der Waals surface area contributed by atoms with Gasteiger partial charge >= 0.3 is 0 Å². The first-order valence-electron chi connectivity index (χ1n) is 8.74. The molecule has 3 atom stereocenters. The number of fused-ring (bicyclic) bond motifs is 2. The Labute approximate surface area is 141 Å². The summed E-state index contributed by atoms with van der Waals surface area (Å²) < 4.78 is 14.8. The number of thioether (sulfide) groups is 1. The number of nitrogens with zero attached hydrogens (tertiary/aromatic N) is 1. The van der Waals surface area contributed by atoms with Crippen molar-refractivity contribution in [3.8, 4) is 0 Å². The molecule has 0 saturated carbocycles. The van der Waals surface area contributed by atoms with Gasteiger partial charge in [-0.05, 0) is 61.4 Å². The van der Waals surface area contributed by atoms with Crippen molar-refractivity contribution < 1.29 is 4.39 Å². The number of aromatic amines is 1. The third-order valence-electron chi connectivity index (χ3n) is 5.64. The van der Waals surface area contributed by atoms with Crippen LogP contribution in [0.1, 0.15) is 36.8 Å². The number of hydrogen-bond acceptors (Lipinski definition) is 2. The fraction of sp³-hybridized carbons (Fsp3) is 0.579. The quantitative estimate of drug-likeness (QED) is 0.894. The van der Waals surface area contributed by atoms with E-state index in [-0.39, 0.29) is 5.82 Å². The molecule has 1 saturated heterocycles. The van der Waals surface area contributed by atoms with E-state index in [9.17, 15) is 4.39 Å². The maximum Gasteiger partial charge on any atom is 0.127 e. The topological polar surface area (TPSA) is 19.0 Å². The molecule has 4 rings (SSSR count). The highest BCUT2D eigenvalue weighted by atomic mass is 32.2. The zero-order valence-corrected chi connectivity index (χ0v) is 14.8. The number of benzene rings is 1. The van der Waals surface area contributed by atoms with Gasteiger partial charge in [-0.1, -0.05) is 6.92 Å². The highest BCUT2D eigenvalue weighted by Gasteiger charge is 2.41. The summed E-state index contributed by atoms with van der Waals surface area (Å²) in [5.41, 5.74) is 3.39. The average Bonchev–Trinajstić information content (AvgIpc) is 2.95. The summed E-state index contributed by atoms with van der Waals surface area (Å²) >= 11 is 1.93. The maximum atomic E-state index is 14.8. The van der Waals surface area contributed by atoms with Crippen LogP contribution in [0.2, 0.25) is 0 Å². The predicted octanol–water partition coefficient (Wildman–Crippen LogP) is 4.41. The Bertz CT molecular complexity index is 711. The Morgan fingerprint density at radius 1 is 1.39 bits per heavy atom. The van der Waals surface area contributed by atoms with Crippen LogP contribution in [0.4, 0.5) is 4.39 Å². The molecule has 2 aliphatic rings. The van der Waals surface area contributed by atoms with Crippen molar-refractivity contribution in [1.82, 2.24) is 9.88 Å². The highest BCUT2D eigenvalue weighted by Crippen LogP contribution is 2.46. The molecule has 2 nitrogen and oxygen atoms in total. The molecular weight excluding hydrogens is 307 g/mol. The lowest BCUT2D eigenvalue weighted by molar-refractivity contribution is 0.0913. The molecular formula is C19H25FN2S. The van der Waals surface area contributed by atoms with Gasteiger partial charge in [-0.15, -0.1) is 0 Å². The Hall–Kier alpha value is -1.00. The van der Waals surface area contributed by atoms with Crippen LogP contribution in [0, 0.1) is 11.7 Å². The average molecular weight is 332 g/mol. The van der Waals surface area contributed by atoms with Gasteiger partial charge in [0.2, 0.25) is 0 Å². The first kappa shape index (κ1) is 15.5. The highest BCUT2D eigenvalue weighted by molar-refractivity contribution is 7.98. The minimum atomic E-state index is -0.00528. The molecule has 2 aromatic rings. The van der Waals surface area contributed by atoms with Crippen LogP contribution in [-0.4, -0.2) is 41.0 Å². The summed E-state index contributed by atoms with van der Waals surface area (Å²) in [5.74, 6) is 2.20. The number of aromatic nitrogens is 1. The van der Waals surface area contributed by atoms with Crippen LogP contribution in [0.15, 0.2) is 18.3 Å². The van der Waals surface area contributed by atoms with Crippen LogP contribution in [-0.2, 0) is 6.42 Å². The zero-order valence-electron chi connectivity index (χ0n) is 13.9. The van der Waals surface area contributed by atoms with E-state index in [0.717, 1.165) is 30.5 Å². The van der Waals surface area contributed by atoms with Crippen molar-refractivity contribution in [2.45, 2.75) is 38.1 Å². The van der Waals surface area contributed by atoms with Gasteiger partial charge in [0.05, 0.1) is 0 Å². The van der Waals surface area contributed by atoms with Crippen molar-refractivity contribution in [3.63, 3.8) is 0 Å². The lowest BCUT2D eigenvalue weighted by atomic mass is 9.72. The Kier molecular flexibility index (Phi) is 4.14. The molecule has 4 heteroatoms. The molecule has 1 aliphatic heterocycles. The lowest BCUT2D eigenvalue weighted by Crippen LogP contribution is -2.50. The molecule has 124 valence electrons. The standard InChI is InChI=1S/C19H25FN2S/c1-3-6-22-10-12(11-23-2)7-14-17(22)8-13-9-21-16-5-4-15(20)19(14)18(13)16/h4-5,9,12,14,17,21H,3,6-8,10-11H2,1-2H3. The third kappa shape index (κ3) is 2.51. The fourth-order valence-corrected chi connectivity index (χ4v) is 5.55. The van der Waals surface area contributed by atoms with Gasteiger partial charge in [0.15, 0.2) is 0 Å².